The van der Waals surface area contributed by atoms with Gasteiger partial charge in [0.25, 0.3) is 15.9 Å². The number of nitrogens with one attached hydrogen (secondary N) is 1. The van der Waals surface area contributed by atoms with E-state index >= 15 is 0 Å². The van der Waals surface area contributed by atoms with Crippen LogP contribution in [0.1, 0.15) is 35.6 Å². The Kier molecular flexibility index (Phi) is 3.67. The molecule has 0 saturated heterocycles. The quantitative estimate of drug-likeness (QED) is 0.907. The van der Waals surface area contributed by atoms with E-state index in [0.29, 0.717) is 12.4 Å². The van der Waals surface area contributed by atoms with Crippen molar-refractivity contribution in [1.82, 2.24) is 14.3 Å². The number of hydrogen-bond donors (Lipinski definition) is 1. The van der Waals surface area contributed by atoms with Crippen LogP contribution in [0.2, 0.25) is 0 Å². The first-order valence-electron chi connectivity index (χ1n) is 7.45. The molecule has 0 bridgehead atoms. The summed E-state index contributed by atoms with van der Waals surface area (Å²) in [5, 5.41) is -0.180. The first-order valence-corrected chi connectivity index (χ1v) is 8.93. The molecule has 2 aromatic rings. The van der Waals surface area contributed by atoms with Crippen molar-refractivity contribution in [3.8, 4) is 5.75 Å². The summed E-state index contributed by atoms with van der Waals surface area (Å²) >= 11 is 0. The Labute approximate surface area is 140 Å². The van der Waals surface area contributed by atoms with Gasteiger partial charge in [0.2, 0.25) is 0 Å². The third-order valence-corrected chi connectivity index (χ3v) is 5.35. The lowest BCUT2D eigenvalue weighted by molar-refractivity contribution is 0.0981. The molecule has 1 aromatic heterocycles. The van der Waals surface area contributed by atoms with E-state index in [1.54, 1.807) is 36.7 Å². The summed E-state index contributed by atoms with van der Waals surface area (Å²) in [7, 11) is -2.33. The standard InChI is InChI=1S/C16H19N3O4S/c1-10-17-14(8-19(10)4)24(21,22)18-15(20)11-5-6-13-12(7-11)16(2,3)9-23-13/h5-8H,9H2,1-4H3,(H,18,20). The molecule has 0 unspecified atom stereocenters. The van der Waals surface area contributed by atoms with Gasteiger partial charge in [-0.15, -0.1) is 0 Å². The van der Waals surface area contributed by atoms with Gasteiger partial charge in [-0.05, 0) is 25.1 Å². The van der Waals surface area contributed by atoms with Crippen molar-refractivity contribution in [3.05, 3.63) is 41.3 Å². The Morgan fingerprint density at radius 3 is 2.71 bits per heavy atom. The van der Waals surface area contributed by atoms with Gasteiger partial charge < -0.3 is 9.30 Å². The molecule has 1 amide bonds. The normalized spacial score (nSPS) is 15.7. The highest BCUT2D eigenvalue weighted by Gasteiger charge is 2.32. The fraction of sp³-hybridized carbons (Fsp3) is 0.375. The number of nitrogens with zero attached hydrogens (tertiary/aromatic N) is 2. The maximum absolute atomic E-state index is 12.4. The number of rotatable bonds is 3. The van der Waals surface area contributed by atoms with E-state index in [1.165, 1.54) is 6.20 Å². The first kappa shape index (κ1) is 16.5. The van der Waals surface area contributed by atoms with E-state index in [4.69, 9.17) is 4.74 Å². The van der Waals surface area contributed by atoms with Gasteiger partial charge in [0.1, 0.15) is 11.6 Å². The maximum Gasteiger partial charge on any atom is 0.283 e. The van der Waals surface area contributed by atoms with Crippen LogP contribution in [0.25, 0.3) is 0 Å². The SMILES string of the molecule is Cc1nc(S(=O)(=O)NC(=O)c2ccc3c(c2)C(C)(C)CO3)cn1C. The van der Waals surface area contributed by atoms with E-state index in [9.17, 15) is 13.2 Å². The molecule has 3 rings (SSSR count). The third kappa shape index (κ3) is 2.77. The van der Waals surface area contributed by atoms with Gasteiger partial charge in [-0.3, -0.25) is 4.79 Å². The predicted molar refractivity (Wildman–Crippen MR) is 87.6 cm³/mol. The van der Waals surface area contributed by atoms with Crippen LogP contribution in [0.4, 0.5) is 0 Å². The monoisotopic (exact) mass is 349 g/mol. The Morgan fingerprint density at radius 2 is 2.08 bits per heavy atom. The number of carbonyl (C=O) groups is 1. The number of amides is 1. The van der Waals surface area contributed by atoms with Gasteiger partial charge in [-0.1, -0.05) is 13.8 Å². The number of sulfonamides is 1. The van der Waals surface area contributed by atoms with Crippen molar-refractivity contribution < 1.29 is 17.9 Å². The molecule has 1 aliphatic rings. The molecule has 2 heterocycles. The summed E-state index contributed by atoms with van der Waals surface area (Å²) < 4.78 is 33.8. The number of benzene rings is 1. The van der Waals surface area contributed by atoms with E-state index in [1.807, 2.05) is 13.8 Å². The highest BCUT2D eigenvalue weighted by Crippen LogP contribution is 2.38. The molecule has 1 aliphatic heterocycles. The van der Waals surface area contributed by atoms with Gasteiger partial charge >= 0.3 is 0 Å². The molecule has 0 spiro atoms. The average Bonchev–Trinajstić information content (AvgIpc) is 2.99. The van der Waals surface area contributed by atoms with Gasteiger partial charge in [0, 0.05) is 29.8 Å². The second-order valence-corrected chi connectivity index (χ2v) is 8.18. The second-order valence-electron chi connectivity index (χ2n) is 6.56. The minimum absolute atomic E-state index is 0.180. The Balaban J connectivity index is 1.88. The van der Waals surface area contributed by atoms with Gasteiger partial charge in [-0.2, -0.15) is 8.42 Å². The van der Waals surface area contributed by atoms with E-state index in [-0.39, 0.29) is 16.0 Å². The van der Waals surface area contributed by atoms with Crippen LogP contribution < -0.4 is 9.46 Å². The Morgan fingerprint density at radius 1 is 1.38 bits per heavy atom. The average molecular weight is 349 g/mol. The molecule has 24 heavy (non-hydrogen) atoms. The maximum atomic E-state index is 12.4. The largest absolute Gasteiger partial charge is 0.492 e. The van der Waals surface area contributed by atoms with Crippen LogP contribution >= 0.6 is 0 Å². The number of hydrogen-bond acceptors (Lipinski definition) is 5. The molecular formula is C16H19N3O4S. The zero-order valence-corrected chi connectivity index (χ0v) is 14.8. The summed E-state index contributed by atoms with van der Waals surface area (Å²) in [6, 6.07) is 4.92. The van der Waals surface area contributed by atoms with Crippen LogP contribution in [0.3, 0.4) is 0 Å². The van der Waals surface area contributed by atoms with Crippen molar-refractivity contribution in [1.29, 1.82) is 0 Å². The van der Waals surface area contributed by atoms with Crippen molar-refractivity contribution in [2.75, 3.05) is 6.61 Å². The number of aromatic nitrogens is 2. The lowest BCUT2D eigenvalue weighted by atomic mass is 9.86. The fourth-order valence-corrected chi connectivity index (χ4v) is 3.57. The Bertz CT molecular complexity index is 909. The molecule has 7 nitrogen and oxygen atoms in total. The molecule has 0 atom stereocenters. The van der Waals surface area contributed by atoms with Crippen LogP contribution in [0.15, 0.2) is 29.4 Å². The molecule has 0 fully saturated rings. The Hall–Kier alpha value is -2.35. The zero-order valence-electron chi connectivity index (χ0n) is 14.0. The number of aryl methyl sites for hydroxylation is 2. The van der Waals surface area contributed by atoms with Crippen molar-refractivity contribution in [2.24, 2.45) is 7.05 Å². The molecule has 8 heteroatoms. The zero-order chi connectivity index (χ0) is 17.7. The van der Waals surface area contributed by atoms with Gasteiger partial charge in [0.05, 0.1) is 6.61 Å². The lowest BCUT2D eigenvalue weighted by Crippen LogP contribution is -2.31. The summed E-state index contributed by atoms with van der Waals surface area (Å²) in [5.41, 5.74) is 0.938. The van der Waals surface area contributed by atoms with Crippen LogP contribution in [-0.2, 0) is 22.5 Å². The minimum Gasteiger partial charge on any atom is -0.492 e. The molecule has 0 radical (unpaired) electrons. The summed E-state index contributed by atoms with van der Waals surface area (Å²) in [6.45, 7) is 6.23. The van der Waals surface area contributed by atoms with Gasteiger partial charge in [0.15, 0.2) is 5.03 Å². The number of carbonyl (C=O) groups excluding carboxylic acids is 1. The van der Waals surface area contributed by atoms with Crippen molar-refractivity contribution in [2.45, 2.75) is 31.2 Å². The number of fused-ring (bicyclic) bond motifs is 1. The van der Waals surface area contributed by atoms with E-state index < -0.39 is 15.9 Å². The molecule has 1 aromatic carbocycles. The fourth-order valence-electron chi connectivity index (χ4n) is 2.55. The smallest absolute Gasteiger partial charge is 0.283 e. The van der Waals surface area contributed by atoms with Crippen molar-refractivity contribution in [3.63, 3.8) is 0 Å². The minimum atomic E-state index is -4.01. The summed E-state index contributed by atoms with van der Waals surface area (Å²) in [6.07, 6.45) is 1.37. The molecule has 128 valence electrons. The second kappa shape index (κ2) is 5.34. The van der Waals surface area contributed by atoms with E-state index in [2.05, 4.69) is 9.71 Å². The van der Waals surface area contributed by atoms with Crippen molar-refractivity contribution >= 4 is 15.9 Å². The first-order chi connectivity index (χ1) is 11.1. The lowest BCUT2D eigenvalue weighted by Gasteiger charge is -2.15. The highest BCUT2D eigenvalue weighted by molar-refractivity contribution is 7.90. The van der Waals surface area contributed by atoms with Gasteiger partial charge in [-0.25, -0.2) is 9.71 Å². The third-order valence-electron chi connectivity index (χ3n) is 4.15. The molecule has 0 aliphatic carbocycles. The summed E-state index contributed by atoms with van der Waals surface area (Å²) in [5.74, 6) is 0.572. The number of imidazole rings is 1. The molecule has 1 N–H and O–H groups in total. The van der Waals surface area contributed by atoms with Crippen LogP contribution in [-0.4, -0.2) is 30.5 Å². The topological polar surface area (TPSA) is 90.3 Å². The van der Waals surface area contributed by atoms with E-state index in [0.717, 1.165) is 11.3 Å². The molecule has 0 saturated carbocycles. The van der Waals surface area contributed by atoms with Crippen LogP contribution in [0.5, 0.6) is 5.75 Å². The summed E-state index contributed by atoms with van der Waals surface area (Å²) in [4.78, 5) is 16.3. The highest BCUT2D eigenvalue weighted by atomic mass is 32.2. The molecular weight excluding hydrogens is 330 g/mol. The number of ether oxygens (including phenoxy) is 1. The predicted octanol–water partition coefficient (Wildman–Crippen LogP) is 1.52. The van der Waals surface area contributed by atoms with Crippen LogP contribution in [0, 0.1) is 6.92 Å².